The number of allylic oxidation sites excluding steroid dienone is 16. The van der Waals surface area contributed by atoms with E-state index < -0.39 is 6.10 Å². The molecule has 0 aliphatic carbocycles. The summed E-state index contributed by atoms with van der Waals surface area (Å²) in [5, 5.41) is 0. The van der Waals surface area contributed by atoms with E-state index in [1.807, 2.05) is 0 Å². The Hall–Kier alpha value is -3.67. The minimum absolute atomic E-state index is 0.0787. The van der Waals surface area contributed by atoms with Crippen LogP contribution in [0.4, 0.5) is 0 Å². The molecule has 1 unspecified atom stereocenters. The first-order valence-electron chi connectivity index (χ1n) is 32.7. The van der Waals surface area contributed by atoms with E-state index in [2.05, 4.69) is 118 Å². The highest BCUT2D eigenvalue weighted by Crippen LogP contribution is 2.16. The van der Waals surface area contributed by atoms with E-state index in [9.17, 15) is 14.4 Å². The van der Waals surface area contributed by atoms with Crippen LogP contribution in [0.3, 0.4) is 0 Å². The summed E-state index contributed by atoms with van der Waals surface area (Å²) in [4.78, 5) is 38.3. The summed E-state index contributed by atoms with van der Waals surface area (Å²) < 4.78 is 16.9. The van der Waals surface area contributed by atoms with Crippen LogP contribution in [-0.4, -0.2) is 37.2 Å². The molecule has 6 heteroatoms. The van der Waals surface area contributed by atoms with Crippen LogP contribution in [0, 0.1) is 0 Å². The summed E-state index contributed by atoms with van der Waals surface area (Å²) in [6.45, 7) is 6.52. The largest absolute Gasteiger partial charge is 0.462 e. The van der Waals surface area contributed by atoms with Gasteiger partial charge >= 0.3 is 17.9 Å². The first-order chi connectivity index (χ1) is 38.0. The van der Waals surface area contributed by atoms with E-state index in [0.717, 1.165) is 109 Å². The van der Waals surface area contributed by atoms with E-state index >= 15 is 0 Å². The molecule has 0 N–H and O–H groups in total. The molecule has 0 aliphatic rings. The molecule has 6 nitrogen and oxygen atoms in total. The maximum Gasteiger partial charge on any atom is 0.306 e. The van der Waals surface area contributed by atoms with Gasteiger partial charge in [0.1, 0.15) is 13.2 Å². The fourth-order valence-corrected chi connectivity index (χ4v) is 9.18. The Labute approximate surface area is 477 Å². The Morgan fingerprint density at radius 2 is 0.506 bits per heavy atom. The van der Waals surface area contributed by atoms with Crippen LogP contribution in [0.25, 0.3) is 0 Å². The second kappa shape index (κ2) is 64.9. The summed E-state index contributed by atoms with van der Waals surface area (Å²) in [5.74, 6) is -0.879. The van der Waals surface area contributed by atoms with Gasteiger partial charge in [-0.15, -0.1) is 0 Å². The van der Waals surface area contributed by atoms with Gasteiger partial charge in [0.25, 0.3) is 0 Å². The first kappa shape index (κ1) is 73.3. The molecule has 0 amide bonds. The van der Waals surface area contributed by atoms with E-state index in [1.165, 1.54) is 167 Å². The molecule has 0 saturated carbocycles. The van der Waals surface area contributed by atoms with E-state index in [-0.39, 0.29) is 31.1 Å². The zero-order valence-corrected chi connectivity index (χ0v) is 50.7. The van der Waals surface area contributed by atoms with Crippen molar-refractivity contribution < 1.29 is 28.6 Å². The second-order valence-corrected chi connectivity index (χ2v) is 21.6. The summed E-state index contributed by atoms with van der Waals surface area (Å²) in [6.07, 6.45) is 87.0. The lowest BCUT2D eigenvalue weighted by Gasteiger charge is -2.18. The van der Waals surface area contributed by atoms with Gasteiger partial charge in [-0.05, 0) is 103 Å². The van der Waals surface area contributed by atoms with Gasteiger partial charge in [-0.3, -0.25) is 14.4 Å². The first-order valence-corrected chi connectivity index (χ1v) is 32.7. The molecule has 0 radical (unpaired) electrons. The van der Waals surface area contributed by atoms with Crippen LogP contribution >= 0.6 is 0 Å². The van der Waals surface area contributed by atoms with Crippen molar-refractivity contribution in [3.63, 3.8) is 0 Å². The van der Waals surface area contributed by atoms with Crippen molar-refractivity contribution in [3.8, 4) is 0 Å². The van der Waals surface area contributed by atoms with Gasteiger partial charge in [0.2, 0.25) is 0 Å². The highest BCUT2D eigenvalue weighted by atomic mass is 16.6. The normalized spacial score (nSPS) is 12.7. The quantitative estimate of drug-likeness (QED) is 0.0261. The van der Waals surface area contributed by atoms with Crippen molar-refractivity contribution in [3.05, 3.63) is 97.2 Å². The SMILES string of the molecule is CC/C=C\C/C=C\C/C=C\C/C=C\C/C=C\C/C=C\CCCCCCCCCCCCC(=O)OCC(COC(=O)CCCCCCCCCCCCCCC)OC(=O)CCCCCCCCC/C=C\C/C=C\CCCCC. The molecule has 0 spiro atoms. The van der Waals surface area contributed by atoms with Crippen LogP contribution in [0.15, 0.2) is 97.2 Å². The number of esters is 3. The highest BCUT2D eigenvalue weighted by Gasteiger charge is 2.19. The van der Waals surface area contributed by atoms with Crippen LogP contribution in [0.1, 0.15) is 316 Å². The summed E-state index contributed by atoms with van der Waals surface area (Å²) in [6, 6.07) is 0. The molecule has 0 rings (SSSR count). The van der Waals surface area contributed by atoms with Gasteiger partial charge < -0.3 is 14.2 Å². The lowest BCUT2D eigenvalue weighted by Crippen LogP contribution is -2.30. The lowest BCUT2D eigenvalue weighted by molar-refractivity contribution is -0.167. The number of hydrogen-bond acceptors (Lipinski definition) is 6. The number of unbranched alkanes of at least 4 members (excludes halogenated alkanes) is 32. The molecule has 0 aromatic carbocycles. The van der Waals surface area contributed by atoms with Gasteiger partial charge in [0, 0.05) is 19.3 Å². The molecule has 0 saturated heterocycles. The van der Waals surface area contributed by atoms with Crippen molar-refractivity contribution in [2.75, 3.05) is 13.2 Å². The second-order valence-electron chi connectivity index (χ2n) is 21.6. The van der Waals surface area contributed by atoms with E-state index in [0.29, 0.717) is 19.3 Å². The number of rotatable bonds is 59. The van der Waals surface area contributed by atoms with Crippen molar-refractivity contribution in [2.24, 2.45) is 0 Å². The molecule has 0 aliphatic heterocycles. The van der Waals surface area contributed by atoms with Crippen LogP contribution in [-0.2, 0) is 28.6 Å². The van der Waals surface area contributed by atoms with Crippen molar-refractivity contribution in [1.29, 1.82) is 0 Å². The fraction of sp³-hybridized carbons (Fsp3) is 0.732. The minimum Gasteiger partial charge on any atom is -0.462 e. The molecular formula is C71H122O6. The number of ether oxygens (including phenoxy) is 3. The van der Waals surface area contributed by atoms with Gasteiger partial charge in [0.15, 0.2) is 6.10 Å². The molecule has 0 bridgehead atoms. The van der Waals surface area contributed by atoms with Crippen molar-refractivity contribution in [2.45, 2.75) is 322 Å². The zero-order valence-electron chi connectivity index (χ0n) is 50.7. The Morgan fingerprint density at radius 1 is 0.273 bits per heavy atom. The maximum atomic E-state index is 12.9. The Kier molecular flexibility index (Phi) is 61.8. The van der Waals surface area contributed by atoms with Crippen molar-refractivity contribution in [1.82, 2.24) is 0 Å². The van der Waals surface area contributed by atoms with Crippen LogP contribution in [0.2, 0.25) is 0 Å². The Morgan fingerprint density at radius 3 is 0.818 bits per heavy atom. The zero-order chi connectivity index (χ0) is 55.7. The van der Waals surface area contributed by atoms with Gasteiger partial charge in [-0.1, -0.05) is 291 Å². The summed E-state index contributed by atoms with van der Waals surface area (Å²) in [5.41, 5.74) is 0. The molecule has 0 aromatic heterocycles. The molecule has 0 fully saturated rings. The molecule has 1 atom stereocenters. The monoisotopic (exact) mass is 1070 g/mol. The minimum atomic E-state index is -0.783. The number of hydrogen-bond donors (Lipinski definition) is 0. The third kappa shape index (κ3) is 63.0. The molecule has 77 heavy (non-hydrogen) atoms. The summed E-state index contributed by atoms with van der Waals surface area (Å²) in [7, 11) is 0. The lowest BCUT2D eigenvalue weighted by atomic mass is 10.0. The van der Waals surface area contributed by atoms with Crippen molar-refractivity contribution >= 4 is 17.9 Å². The number of carbonyl (C=O) groups is 3. The summed E-state index contributed by atoms with van der Waals surface area (Å²) >= 11 is 0. The average Bonchev–Trinajstić information content (AvgIpc) is 3.43. The Balaban J connectivity index is 4.28. The fourth-order valence-electron chi connectivity index (χ4n) is 9.18. The molecular weight excluding hydrogens is 949 g/mol. The Bertz CT molecular complexity index is 1510. The van der Waals surface area contributed by atoms with E-state index in [1.54, 1.807) is 0 Å². The predicted octanol–water partition coefficient (Wildman–Crippen LogP) is 22.4. The van der Waals surface area contributed by atoms with Crippen LogP contribution < -0.4 is 0 Å². The molecule has 0 aromatic rings. The molecule has 0 heterocycles. The van der Waals surface area contributed by atoms with Gasteiger partial charge in [-0.2, -0.15) is 0 Å². The average molecular weight is 1070 g/mol. The topological polar surface area (TPSA) is 78.9 Å². The smallest absolute Gasteiger partial charge is 0.306 e. The van der Waals surface area contributed by atoms with Gasteiger partial charge in [0.05, 0.1) is 0 Å². The third-order valence-corrected chi connectivity index (χ3v) is 14.1. The van der Waals surface area contributed by atoms with Gasteiger partial charge in [-0.25, -0.2) is 0 Å². The number of carbonyl (C=O) groups excluding carboxylic acids is 3. The predicted molar refractivity (Wildman–Crippen MR) is 334 cm³/mol. The highest BCUT2D eigenvalue weighted by molar-refractivity contribution is 5.71. The standard InChI is InChI=1S/C71H122O6/c1-4-7-10-13-16-19-22-25-27-29-30-31-32-33-34-35-36-37-38-39-40-42-43-46-49-52-55-58-61-64-70(73)76-67-68(66-75-69(72)63-60-57-54-51-48-45-24-21-18-15-12-9-6-3)77-71(74)65-62-59-56-53-50-47-44-41-28-26-23-20-17-14-11-8-5-2/h7,10,16-17,19-20,25-28,30-31,33-34,36-37,68H,4-6,8-9,11-15,18,21-24,29,32,35,38-67H2,1-3H3/b10-7-,19-16-,20-17-,27-25-,28-26-,31-30-,34-33-,37-36-. The third-order valence-electron chi connectivity index (χ3n) is 14.1. The molecule has 442 valence electrons. The van der Waals surface area contributed by atoms with E-state index in [4.69, 9.17) is 14.2 Å². The maximum absolute atomic E-state index is 12.9. The van der Waals surface area contributed by atoms with Crippen LogP contribution in [0.5, 0.6) is 0 Å².